The number of fused-ring (bicyclic) bond motifs is 17. The Morgan fingerprint density at radius 1 is 0.131 bits per heavy atom. The van der Waals surface area contributed by atoms with Crippen molar-refractivity contribution in [1.82, 2.24) is 0 Å². The van der Waals surface area contributed by atoms with Crippen molar-refractivity contribution in [3.63, 3.8) is 0 Å². The molecule has 0 aromatic heterocycles. The van der Waals surface area contributed by atoms with E-state index in [1.165, 1.54) is 284 Å². The van der Waals surface area contributed by atoms with Crippen molar-refractivity contribution in [2.24, 2.45) is 301 Å². The molecule has 0 radical (unpaired) electrons. The van der Waals surface area contributed by atoms with Crippen molar-refractivity contribution >= 4 is 0 Å². The summed E-state index contributed by atoms with van der Waals surface area (Å²) < 4.78 is 0. The van der Waals surface area contributed by atoms with Crippen LogP contribution in [0, 0.1) is 301 Å². The summed E-state index contributed by atoms with van der Waals surface area (Å²) in [5.74, 6) is 62.6. The Hall–Kier alpha value is 0. The van der Waals surface area contributed by atoms with Crippen LogP contribution >= 0.6 is 0 Å². The van der Waals surface area contributed by atoms with Crippen LogP contribution in [-0.2, 0) is 0 Å². The molecule has 0 saturated heterocycles. The Bertz CT molecular complexity index is 2400. The first-order chi connectivity index (χ1) is 41.5. The minimum Gasteiger partial charge on any atom is -0.0502 e. The summed E-state index contributed by atoms with van der Waals surface area (Å²) in [7, 11) is 0. The van der Waals surface area contributed by atoms with E-state index in [4.69, 9.17) is 0 Å². The molecule has 38 saturated carbocycles. The van der Waals surface area contributed by atoms with Crippen molar-refractivity contribution in [2.75, 3.05) is 0 Å². The van der Waals surface area contributed by atoms with Gasteiger partial charge in [0.1, 0.15) is 0 Å². The Kier molecular flexibility index (Phi) is 8.90. The van der Waals surface area contributed by atoms with E-state index in [1.54, 1.807) is 212 Å². The minimum atomic E-state index is 1.00. The van der Waals surface area contributed by atoms with Crippen LogP contribution in [0.3, 0.4) is 0 Å². The van der Waals surface area contributed by atoms with Gasteiger partial charge in [0.25, 0.3) is 0 Å². The van der Waals surface area contributed by atoms with Crippen molar-refractivity contribution in [2.45, 2.75) is 212 Å². The van der Waals surface area contributed by atoms with Crippen molar-refractivity contribution in [3.8, 4) is 0 Å². The second-order valence-electron chi connectivity index (χ2n) is 43.1. The second-order valence-corrected chi connectivity index (χ2v) is 43.1. The van der Waals surface area contributed by atoms with E-state index in [2.05, 4.69) is 0 Å². The zero-order valence-corrected chi connectivity index (χ0v) is 52.7. The van der Waals surface area contributed by atoms with Crippen molar-refractivity contribution < 1.29 is 0 Å². The van der Waals surface area contributed by atoms with Gasteiger partial charge >= 0.3 is 0 Å². The molecule has 30 bridgehead atoms. The smallest absolute Gasteiger partial charge is 0.0184 e. The van der Waals surface area contributed by atoms with Gasteiger partial charge in [0.05, 0.1) is 0 Å². The van der Waals surface area contributed by atoms with Crippen LogP contribution in [0.25, 0.3) is 0 Å². The predicted octanol–water partition coefficient (Wildman–Crippen LogP) is 19.0. The Morgan fingerprint density at radius 2 is 0.357 bits per heavy atom. The van der Waals surface area contributed by atoms with Gasteiger partial charge in [0.2, 0.25) is 0 Å². The van der Waals surface area contributed by atoms with Gasteiger partial charge in [0, 0.05) is 0 Å². The average Bonchev–Trinajstić information content (AvgIpc) is 0.973. The molecule has 8 atom stereocenters. The lowest BCUT2D eigenvalue weighted by Gasteiger charge is -3.03. The highest BCUT2D eigenvalue weighted by atomic mass is 15.0. The molecule has 38 aliphatic carbocycles. The van der Waals surface area contributed by atoms with Crippen molar-refractivity contribution in [1.29, 1.82) is 0 Å². The fraction of sp³-hybridized carbons (Fsp3) is 1.00. The number of hydrogen-bond donors (Lipinski definition) is 0. The van der Waals surface area contributed by atoms with Crippen LogP contribution in [0.4, 0.5) is 0 Å². The lowest BCUT2D eigenvalue weighted by molar-refractivity contribution is -0.565. The zero-order valence-electron chi connectivity index (χ0n) is 52.7. The summed E-state index contributed by atoms with van der Waals surface area (Å²) in [5, 5.41) is 0. The molecule has 8 unspecified atom stereocenters. The monoisotopic (exact) mass is 1120 g/mol. The van der Waals surface area contributed by atoms with Crippen LogP contribution in [0.2, 0.25) is 0 Å². The molecule has 0 heterocycles. The summed E-state index contributed by atoms with van der Waals surface area (Å²) in [6.07, 6.45) is 53.8. The van der Waals surface area contributed by atoms with Crippen LogP contribution in [0.15, 0.2) is 0 Å². The largest absolute Gasteiger partial charge is 0.0502 e. The van der Waals surface area contributed by atoms with Gasteiger partial charge in [-0.25, -0.2) is 0 Å². The Morgan fingerprint density at radius 3 is 0.595 bits per heavy atom. The topological polar surface area (TPSA) is 0 Å². The van der Waals surface area contributed by atoms with E-state index in [0.717, 1.165) is 17.3 Å². The molecular weight excluding hydrogens is 1010 g/mol. The highest BCUT2D eigenvalue weighted by Gasteiger charge is 2.98. The molecule has 452 valence electrons. The normalized spacial score (nSPS) is 76.0. The lowest BCUT2D eigenvalue weighted by atomic mass is 9.01. The van der Waals surface area contributed by atoms with Crippen LogP contribution in [0.5, 0.6) is 0 Å². The first-order valence-electron chi connectivity index (χ1n) is 41.5. The van der Waals surface area contributed by atoms with Gasteiger partial charge in [0.15, 0.2) is 0 Å². The molecule has 0 N–H and O–H groups in total. The molecule has 0 amide bonds. The fourth-order valence-electron chi connectivity index (χ4n) is 42.6. The van der Waals surface area contributed by atoms with Crippen LogP contribution in [-0.4, -0.2) is 0 Å². The van der Waals surface area contributed by atoms with Crippen LogP contribution in [0.1, 0.15) is 212 Å². The third-order valence-corrected chi connectivity index (χ3v) is 43.2. The molecule has 0 nitrogen and oxygen atoms in total. The summed E-state index contributed by atoms with van der Waals surface area (Å²) in [5.41, 5.74) is 1.00. The first-order valence-corrected chi connectivity index (χ1v) is 41.5. The Labute approximate surface area is 510 Å². The van der Waals surface area contributed by atoms with Gasteiger partial charge < -0.3 is 0 Å². The summed E-state index contributed by atoms with van der Waals surface area (Å²) >= 11 is 0. The molecule has 38 rings (SSSR count). The third-order valence-electron chi connectivity index (χ3n) is 43.2. The van der Waals surface area contributed by atoms with E-state index in [0.29, 0.717) is 0 Å². The van der Waals surface area contributed by atoms with Gasteiger partial charge in [-0.05, 0) is 500 Å². The summed E-state index contributed by atoms with van der Waals surface area (Å²) in [4.78, 5) is 0. The quantitative estimate of drug-likeness (QED) is 0.227. The van der Waals surface area contributed by atoms with Gasteiger partial charge in [-0.15, -0.1) is 0 Å². The number of rotatable bonds is 0. The summed E-state index contributed by atoms with van der Waals surface area (Å²) in [6, 6.07) is 0. The van der Waals surface area contributed by atoms with Gasteiger partial charge in [-0.3, -0.25) is 0 Å². The maximum Gasteiger partial charge on any atom is -0.0184 e. The molecule has 0 heteroatoms. The molecule has 0 aromatic carbocycles. The molecule has 0 aromatic rings. The third kappa shape index (κ3) is 5.35. The summed E-state index contributed by atoms with van der Waals surface area (Å²) in [6.45, 7) is 0. The van der Waals surface area contributed by atoms with Gasteiger partial charge in [-0.1, -0.05) is 12.8 Å². The highest BCUT2D eigenvalue weighted by molar-refractivity contribution is 5.44. The van der Waals surface area contributed by atoms with E-state index in [1.807, 2.05) is 0 Å². The minimum absolute atomic E-state index is 1.00. The predicted molar refractivity (Wildman–Crippen MR) is 329 cm³/mol. The van der Waals surface area contributed by atoms with E-state index < -0.39 is 0 Å². The molecule has 0 aliphatic heterocycles. The standard InChI is InChI=1S/C14H16.2C14H20.C12H18.C11H16.C11H18.C8H8/c1-3-7-8(3)12-5(1)11(7)13-6-2-4-9(13)10(4)14(6)12;1-7-2-11-12-4-8-3-10(14(12)6-8)9(1)13(11)5-7;1-2-8-5-7(1)11-12(8)14-10-4-3-9(6-10)13(11)14;1-7-2-11-3-8(1)10-4-9(7)5-12(11)6-10;1-2-8-6-10-4-3-9-5-7(1)11(8,9)10;1-2-9-5-10-3-8(1)4-11(6-9)7-10;1-2-5-3(1)7-4(1)6(2)8(5)7/h3-14H,1-2H2;2*7-14H,1-6H2;7-12H,1-6H2;7-10H,1-6H2;8-11H,1-7H2;1-8H. The SMILES string of the molecule is C12C3C4C1C1C2C3C41.C1C2C3C2C2C1C3C1C3CC4C1C4C32.C1C2CC3C1C(C2)C1CC2CC1C3C2.C1C2CC3CC1C1CC2CC3C1.C1CC2CC1C1C2C2C3CCC(C3)C12.C1CC2CC3CC1CC(C2)C3.C1CC2CC3CCC4CC1C423. The second kappa shape index (κ2) is 15.6. The fourth-order valence-corrected chi connectivity index (χ4v) is 42.6. The van der Waals surface area contributed by atoms with Crippen LogP contribution < -0.4 is 0 Å². The van der Waals surface area contributed by atoms with Crippen molar-refractivity contribution in [3.05, 3.63) is 0 Å². The average molecular weight is 1130 g/mol. The molecule has 38 fully saturated rings. The maximum absolute atomic E-state index is 1.70. The zero-order chi connectivity index (χ0) is 52.7. The molecule has 84 heavy (non-hydrogen) atoms. The lowest BCUT2D eigenvalue weighted by Crippen LogP contribution is -3.00. The molecular formula is C84H116. The molecule has 1 spiro atoms. The van der Waals surface area contributed by atoms with E-state index in [9.17, 15) is 0 Å². The Balaban J connectivity index is 0.0000000603. The maximum atomic E-state index is 1.70. The van der Waals surface area contributed by atoms with E-state index >= 15 is 0 Å². The molecule has 38 aliphatic rings. The van der Waals surface area contributed by atoms with Gasteiger partial charge in [-0.2, -0.15) is 0 Å². The van der Waals surface area contributed by atoms with E-state index in [-0.39, 0.29) is 0 Å². The first kappa shape index (κ1) is 47.8. The highest BCUT2D eigenvalue weighted by Crippen LogP contribution is 3.01. The number of hydrogen-bond acceptors (Lipinski definition) is 0.